The van der Waals surface area contributed by atoms with Crippen molar-refractivity contribution >= 4 is 45.0 Å². The lowest BCUT2D eigenvalue weighted by atomic mass is 10.1. The maximum atomic E-state index is 12.4. The van der Waals surface area contributed by atoms with Crippen molar-refractivity contribution in [2.75, 3.05) is 31.0 Å². The first-order chi connectivity index (χ1) is 14.6. The Bertz CT molecular complexity index is 1210. The summed E-state index contributed by atoms with van der Waals surface area (Å²) in [6, 6.07) is 11.8. The molecule has 0 atom stereocenters. The molecule has 0 radical (unpaired) electrons. The molecule has 1 heterocycles. The molecule has 0 aliphatic carbocycles. The third-order valence-corrected chi connectivity index (χ3v) is 7.38. The van der Waals surface area contributed by atoms with E-state index in [4.69, 9.17) is 17.4 Å². The molecular weight excluding hydrogens is 460 g/mol. The number of aryl methyl sites for hydroxylation is 1. The van der Waals surface area contributed by atoms with E-state index in [1.165, 1.54) is 37.0 Å². The van der Waals surface area contributed by atoms with Crippen molar-refractivity contribution in [3.8, 4) is 11.4 Å². The monoisotopic (exact) mass is 480 g/mol. The van der Waals surface area contributed by atoms with Crippen LogP contribution in [0.1, 0.15) is 5.56 Å². The van der Waals surface area contributed by atoms with Crippen LogP contribution in [0.5, 0.6) is 0 Å². The average molecular weight is 481 g/mol. The van der Waals surface area contributed by atoms with Crippen LogP contribution in [0, 0.1) is 6.92 Å². The largest absolute Gasteiger partial charge is 0.335 e. The van der Waals surface area contributed by atoms with Crippen molar-refractivity contribution in [3.05, 3.63) is 53.1 Å². The van der Waals surface area contributed by atoms with Gasteiger partial charge in [-0.1, -0.05) is 53.2 Å². The number of nitrogen functional groups attached to an aromatic ring is 1. The number of amides is 1. The standard InChI is InChI=1S/C19H21ClN6O3S2/c1-12-4-6-13(7-5-12)18-23-24-19(26(18)21)30-11-17(27)22-16-10-14(8-9-15(16)20)31(28,29)25(2)3/h4-10H,11,21H2,1-3H3,(H,22,27). The second-order valence-electron chi connectivity index (χ2n) is 6.81. The van der Waals surface area contributed by atoms with Crippen molar-refractivity contribution < 1.29 is 13.2 Å². The Balaban J connectivity index is 1.69. The fourth-order valence-corrected chi connectivity index (χ4v) is 4.31. The summed E-state index contributed by atoms with van der Waals surface area (Å²) in [6.45, 7) is 1.98. The van der Waals surface area contributed by atoms with Gasteiger partial charge in [-0.2, -0.15) is 0 Å². The Morgan fingerprint density at radius 2 is 1.87 bits per heavy atom. The van der Waals surface area contributed by atoms with Gasteiger partial charge in [0.05, 0.1) is 21.4 Å². The van der Waals surface area contributed by atoms with Gasteiger partial charge in [0.2, 0.25) is 21.1 Å². The first-order valence-electron chi connectivity index (χ1n) is 9.02. The Kier molecular flexibility index (Phi) is 6.90. The number of aromatic nitrogens is 3. The van der Waals surface area contributed by atoms with Crippen molar-refractivity contribution in [1.82, 2.24) is 19.2 Å². The van der Waals surface area contributed by atoms with Crippen molar-refractivity contribution in [1.29, 1.82) is 0 Å². The van der Waals surface area contributed by atoms with E-state index in [9.17, 15) is 13.2 Å². The topological polar surface area (TPSA) is 123 Å². The number of carbonyl (C=O) groups excluding carboxylic acids is 1. The van der Waals surface area contributed by atoms with Crippen LogP contribution in [0.4, 0.5) is 5.69 Å². The normalized spacial score (nSPS) is 11.6. The minimum Gasteiger partial charge on any atom is -0.335 e. The molecular formula is C19H21ClN6O3S2. The van der Waals surface area contributed by atoms with Gasteiger partial charge in [-0.25, -0.2) is 17.4 Å². The van der Waals surface area contributed by atoms with E-state index in [0.29, 0.717) is 11.0 Å². The maximum absolute atomic E-state index is 12.4. The van der Waals surface area contributed by atoms with E-state index in [1.807, 2.05) is 31.2 Å². The SMILES string of the molecule is Cc1ccc(-c2nnc(SCC(=O)Nc3cc(S(=O)(=O)N(C)C)ccc3Cl)n2N)cc1. The lowest BCUT2D eigenvalue weighted by molar-refractivity contribution is -0.113. The number of hydrogen-bond donors (Lipinski definition) is 2. The number of hydrogen-bond acceptors (Lipinski definition) is 7. The van der Waals surface area contributed by atoms with Crippen LogP contribution < -0.4 is 11.2 Å². The molecule has 0 bridgehead atoms. The van der Waals surface area contributed by atoms with Gasteiger partial charge < -0.3 is 11.2 Å². The predicted molar refractivity (Wildman–Crippen MR) is 122 cm³/mol. The fraction of sp³-hybridized carbons (Fsp3) is 0.211. The molecule has 2 aromatic carbocycles. The van der Waals surface area contributed by atoms with E-state index in [-0.39, 0.29) is 21.4 Å². The molecule has 9 nitrogen and oxygen atoms in total. The number of carbonyl (C=O) groups is 1. The second kappa shape index (κ2) is 9.27. The summed E-state index contributed by atoms with van der Waals surface area (Å²) >= 11 is 7.21. The maximum Gasteiger partial charge on any atom is 0.242 e. The second-order valence-corrected chi connectivity index (χ2v) is 10.3. The van der Waals surface area contributed by atoms with Gasteiger partial charge in [-0.3, -0.25) is 4.79 Å². The lowest BCUT2D eigenvalue weighted by Gasteiger charge is -2.13. The number of anilines is 1. The van der Waals surface area contributed by atoms with E-state index in [2.05, 4.69) is 15.5 Å². The number of halogens is 1. The van der Waals surface area contributed by atoms with Crippen molar-refractivity contribution in [2.45, 2.75) is 17.0 Å². The molecule has 0 saturated carbocycles. The molecule has 3 N–H and O–H groups in total. The highest BCUT2D eigenvalue weighted by atomic mass is 35.5. The third-order valence-electron chi connectivity index (χ3n) is 4.30. The number of rotatable bonds is 7. The van der Waals surface area contributed by atoms with E-state index in [1.54, 1.807) is 0 Å². The zero-order chi connectivity index (χ0) is 22.8. The summed E-state index contributed by atoms with van der Waals surface area (Å²) in [5.41, 5.74) is 2.12. The summed E-state index contributed by atoms with van der Waals surface area (Å²) in [5, 5.41) is 11.3. The Hall–Kier alpha value is -2.60. The first kappa shape index (κ1) is 23.1. The highest BCUT2D eigenvalue weighted by Gasteiger charge is 2.20. The number of benzene rings is 2. The third kappa shape index (κ3) is 5.18. The molecule has 0 saturated heterocycles. The van der Waals surface area contributed by atoms with Crippen LogP contribution in [0.25, 0.3) is 11.4 Å². The minimum atomic E-state index is -3.66. The van der Waals surface area contributed by atoms with Gasteiger partial charge in [0.15, 0.2) is 5.82 Å². The predicted octanol–water partition coefficient (Wildman–Crippen LogP) is 2.60. The number of nitrogens with one attached hydrogen (secondary N) is 1. The Morgan fingerprint density at radius 3 is 2.52 bits per heavy atom. The van der Waals surface area contributed by atoms with Gasteiger partial charge >= 0.3 is 0 Å². The Labute approximate surface area is 189 Å². The minimum absolute atomic E-state index is 0.0225. The molecule has 0 fully saturated rings. The number of nitrogens with two attached hydrogens (primary N) is 1. The van der Waals surface area contributed by atoms with Gasteiger partial charge in [0.25, 0.3) is 0 Å². The van der Waals surface area contributed by atoms with Crippen molar-refractivity contribution in [3.63, 3.8) is 0 Å². The molecule has 0 unspecified atom stereocenters. The van der Waals surface area contributed by atoms with E-state index >= 15 is 0 Å². The van der Waals surface area contributed by atoms with Gasteiger partial charge in [0, 0.05) is 19.7 Å². The zero-order valence-corrected chi connectivity index (χ0v) is 19.4. The fourth-order valence-electron chi connectivity index (χ4n) is 2.56. The molecule has 3 rings (SSSR count). The van der Waals surface area contributed by atoms with Crippen LogP contribution in [0.2, 0.25) is 5.02 Å². The summed E-state index contributed by atoms with van der Waals surface area (Å²) in [6.07, 6.45) is 0. The summed E-state index contributed by atoms with van der Waals surface area (Å²) in [4.78, 5) is 12.4. The summed E-state index contributed by atoms with van der Waals surface area (Å²) in [5.74, 6) is 6.14. The lowest BCUT2D eigenvalue weighted by Crippen LogP contribution is -2.22. The Morgan fingerprint density at radius 1 is 1.19 bits per heavy atom. The molecule has 1 aromatic heterocycles. The van der Waals surface area contributed by atoms with E-state index in [0.717, 1.165) is 27.2 Å². The molecule has 0 aliphatic heterocycles. The average Bonchev–Trinajstić information content (AvgIpc) is 3.09. The quantitative estimate of drug-likeness (QED) is 0.393. The number of sulfonamides is 1. The highest BCUT2D eigenvalue weighted by Crippen LogP contribution is 2.27. The van der Waals surface area contributed by atoms with Crippen LogP contribution in [-0.2, 0) is 14.8 Å². The van der Waals surface area contributed by atoms with Crippen LogP contribution in [0.15, 0.2) is 52.5 Å². The molecule has 3 aromatic rings. The summed E-state index contributed by atoms with van der Waals surface area (Å²) < 4.78 is 27.0. The number of thioether (sulfide) groups is 1. The smallest absolute Gasteiger partial charge is 0.242 e. The summed E-state index contributed by atoms with van der Waals surface area (Å²) in [7, 11) is -0.813. The van der Waals surface area contributed by atoms with Crippen LogP contribution >= 0.6 is 23.4 Å². The van der Waals surface area contributed by atoms with Crippen LogP contribution in [0.3, 0.4) is 0 Å². The molecule has 31 heavy (non-hydrogen) atoms. The molecule has 0 aliphatic rings. The van der Waals surface area contributed by atoms with Gasteiger partial charge in [-0.05, 0) is 25.1 Å². The van der Waals surface area contributed by atoms with Crippen LogP contribution in [-0.4, -0.2) is 53.4 Å². The van der Waals surface area contributed by atoms with Crippen molar-refractivity contribution in [2.24, 2.45) is 0 Å². The first-order valence-corrected chi connectivity index (χ1v) is 11.8. The molecule has 12 heteroatoms. The molecule has 0 spiro atoms. The van der Waals surface area contributed by atoms with Gasteiger partial charge in [-0.15, -0.1) is 10.2 Å². The molecule has 1 amide bonds. The number of nitrogens with zero attached hydrogens (tertiary/aromatic N) is 4. The zero-order valence-electron chi connectivity index (χ0n) is 17.0. The van der Waals surface area contributed by atoms with Gasteiger partial charge in [0.1, 0.15) is 0 Å². The molecule has 164 valence electrons. The van der Waals surface area contributed by atoms with E-state index < -0.39 is 15.9 Å². The highest BCUT2D eigenvalue weighted by molar-refractivity contribution is 7.99.